The maximum Gasteiger partial charge on any atom is 0.265 e. The lowest BCUT2D eigenvalue weighted by molar-refractivity contribution is -0.122. The Morgan fingerprint density at radius 2 is 1.91 bits per heavy atom. The molecule has 0 fully saturated rings. The Morgan fingerprint density at radius 3 is 2.65 bits per heavy atom. The first-order chi connectivity index (χ1) is 11.0. The SMILES string of the molecule is Cc1cc2c(cc1C)OC(C(=O)Nc1cc(CO)ccc1C)C2. The number of hydrogen-bond acceptors (Lipinski definition) is 3. The number of hydrogen-bond donors (Lipinski definition) is 2. The molecular weight excluding hydrogens is 290 g/mol. The number of rotatable bonds is 3. The van der Waals surface area contributed by atoms with Gasteiger partial charge in [-0.15, -0.1) is 0 Å². The minimum Gasteiger partial charge on any atom is -0.480 e. The third kappa shape index (κ3) is 3.08. The minimum absolute atomic E-state index is 0.0485. The zero-order valence-electron chi connectivity index (χ0n) is 13.6. The molecule has 1 amide bonds. The Morgan fingerprint density at radius 1 is 1.17 bits per heavy atom. The van der Waals surface area contributed by atoms with E-state index < -0.39 is 6.10 Å². The van der Waals surface area contributed by atoms with E-state index >= 15 is 0 Å². The zero-order valence-corrected chi connectivity index (χ0v) is 13.6. The van der Waals surface area contributed by atoms with Crippen LogP contribution in [0.3, 0.4) is 0 Å². The third-order valence-electron chi connectivity index (χ3n) is 4.39. The zero-order chi connectivity index (χ0) is 16.6. The van der Waals surface area contributed by atoms with E-state index in [2.05, 4.69) is 18.3 Å². The molecule has 4 heteroatoms. The lowest BCUT2D eigenvalue weighted by Crippen LogP contribution is -2.31. The van der Waals surface area contributed by atoms with E-state index in [1.165, 1.54) is 5.56 Å². The number of nitrogens with one attached hydrogen (secondary N) is 1. The van der Waals surface area contributed by atoms with Gasteiger partial charge in [-0.25, -0.2) is 0 Å². The maximum atomic E-state index is 12.5. The van der Waals surface area contributed by atoms with Gasteiger partial charge in [0, 0.05) is 12.1 Å². The Hall–Kier alpha value is -2.33. The van der Waals surface area contributed by atoms with Gasteiger partial charge in [0.05, 0.1) is 6.61 Å². The van der Waals surface area contributed by atoms with Gasteiger partial charge in [0.25, 0.3) is 5.91 Å². The molecule has 0 aromatic heterocycles. The van der Waals surface area contributed by atoms with Crippen molar-refractivity contribution in [3.8, 4) is 5.75 Å². The predicted octanol–water partition coefficient (Wildman–Crippen LogP) is 3.05. The van der Waals surface area contributed by atoms with E-state index in [1.807, 2.05) is 32.0 Å². The van der Waals surface area contributed by atoms with Gasteiger partial charge >= 0.3 is 0 Å². The molecule has 0 saturated heterocycles. The largest absolute Gasteiger partial charge is 0.480 e. The molecule has 4 nitrogen and oxygen atoms in total. The number of benzene rings is 2. The number of anilines is 1. The molecule has 3 rings (SSSR count). The summed E-state index contributed by atoms with van der Waals surface area (Å²) in [5.74, 6) is 0.642. The van der Waals surface area contributed by atoms with Gasteiger partial charge in [0.1, 0.15) is 5.75 Å². The molecule has 2 N–H and O–H groups in total. The highest BCUT2D eigenvalue weighted by molar-refractivity contribution is 5.95. The van der Waals surface area contributed by atoms with E-state index in [1.54, 1.807) is 6.07 Å². The molecular formula is C19H21NO3. The molecule has 0 radical (unpaired) electrons. The highest BCUT2D eigenvalue weighted by atomic mass is 16.5. The average molecular weight is 311 g/mol. The summed E-state index contributed by atoms with van der Waals surface area (Å²) in [6.45, 7) is 5.98. The summed E-state index contributed by atoms with van der Waals surface area (Å²) in [7, 11) is 0. The molecule has 1 heterocycles. The smallest absolute Gasteiger partial charge is 0.265 e. The van der Waals surface area contributed by atoms with Crippen LogP contribution in [0.5, 0.6) is 5.75 Å². The van der Waals surface area contributed by atoms with Crippen molar-refractivity contribution in [3.05, 3.63) is 58.1 Å². The molecule has 1 aliphatic rings. The van der Waals surface area contributed by atoms with Gasteiger partial charge in [-0.2, -0.15) is 0 Å². The summed E-state index contributed by atoms with van der Waals surface area (Å²) in [6, 6.07) is 9.62. The highest BCUT2D eigenvalue weighted by Crippen LogP contribution is 2.32. The number of fused-ring (bicyclic) bond motifs is 1. The number of amides is 1. The molecule has 0 bridgehead atoms. The molecule has 120 valence electrons. The van der Waals surface area contributed by atoms with Crippen LogP contribution in [0.2, 0.25) is 0 Å². The van der Waals surface area contributed by atoms with Crippen LogP contribution in [-0.2, 0) is 17.8 Å². The van der Waals surface area contributed by atoms with Gasteiger partial charge in [-0.05, 0) is 60.7 Å². The van der Waals surface area contributed by atoms with E-state index in [9.17, 15) is 9.90 Å². The second kappa shape index (κ2) is 6.05. The van der Waals surface area contributed by atoms with Crippen LogP contribution >= 0.6 is 0 Å². The van der Waals surface area contributed by atoms with Crippen LogP contribution in [0.1, 0.15) is 27.8 Å². The van der Waals surface area contributed by atoms with E-state index in [4.69, 9.17) is 4.74 Å². The van der Waals surface area contributed by atoms with Gasteiger partial charge < -0.3 is 15.2 Å². The molecule has 2 aromatic carbocycles. The standard InChI is InChI=1S/C19H21NO3/c1-11-4-5-14(10-21)8-16(11)20-19(22)18-9-15-6-12(2)13(3)7-17(15)23-18/h4-8,18,21H,9-10H2,1-3H3,(H,20,22). The van der Waals surface area contributed by atoms with Crippen LogP contribution in [0.25, 0.3) is 0 Å². The number of aliphatic hydroxyl groups is 1. The van der Waals surface area contributed by atoms with Crippen molar-refractivity contribution in [2.45, 2.75) is 39.9 Å². The Kier molecular flexibility index (Phi) is 4.09. The van der Waals surface area contributed by atoms with Gasteiger partial charge in [-0.1, -0.05) is 18.2 Å². The van der Waals surface area contributed by atoms with Crippen LogP contribution < -0.4 is 10.1 Å². The predicted molar refractivity (Wildman–Crippen MR) is 89.8 cm³/mol. The fraction of sp³-hybridized carbons (Fsp3) is 0.316. The average Bonchev–Trinajstić information content (AvgIpc) is 2.93. The van der Waals surface area contributed by atoms with Crippen molar-refractivity contribution in [3.63, 3.8) is 0 Å². The Labute approximate surface area is 136 Å². The van der Waals surface area contributed by atoms with Crippen molar-refractivity contribution >= 4 is 11.6 Å². The highest BCUT2D eigenvalue weighted by Gasteiger charge is 2.29. The number of carbonyl (C=O) groups is 1. The summed E-state index contributed by atoms with van der Waals surface area (Å²) >= 11 is 0. The van der Waals surface area contributed by atoms with Crippen LogP contribution in [0.4, 0.5) is 5.69 Å². The molecule has 0 saturated carbocycles. The molecule has 1 unspecified atom stereocenters. The Bertz CT molecular complexity index is 736. The first-order valence-corrected chi connectivity index (χ1v) is 7.76. The molecule has 0 aliphatic carbocycles. The van der Waals surface area contributed by atoms with E-state index in [-0.39, 0.29) is 12.5 Å². The normalized spacial score (nSPS) is 15.9. The first-order valence-electron chi connectivity index (χ1n) is 7.76. The fourth-order valence-corrected chi connectivity index (χ4v) is 2.77. The summed E-state index contributed by atoms with van der Waals surface area (Å²) in [5, 5.41) is 12.1. The second-order valence-electron chi connectivity index (χ2n) is 6.15. The van der Waals surface area contributed by atoms with Crippen molar-refractivity contribution < 1.29 is 14.6 Å². The summed E-state index contributed by atoms with van der Waals surface area (Å²) in [6.07, 6.45) is 0.0736. The number of aliphatic hydroxyl groups excluding tert-OH is 1. The topological polar surface area (TPSA) is 58.6 Å². The van der Waals surface area contributed by atoms with Crippen LogP contribution in [-0.4, -0.2) is 17.1 Å². The number of ether oxygens (including phenoxy) is 1. The van der Waals surface area contributed by atoms with Gasteiger partial charge in [0.2, 0.25) is 0 Å². The van der Waals surface area contributed by atoms with Crippen molar-refractivity contribution in [2.75, 3.05) is 5.32 Å². The molecule has 0 spiro atoms. The van der Waals surface area contributed by atoms with Crippen molar-refractivity contribution in [2.24, 2.45) is 0 Å². The quantitative estimate of drug-likeness (QED) is 0.916. The van der Waals surface area contributed by atoms with Gasteiger partial charge in [-0.3, -0.25) is 4.79 Å². The van der Waals surface area contributed by atoms with E-state index in [0.717, 1.165) is 28.0 Å². The lowest BCUT2D eigenvalue weighted by atomic mass is 10.0. The summed E-state index contributed by atoms with van der Waals surface area (Å²) in [4.78, 5) is 12.5. The monoisotopic (exact) mass is 311 g/mol. The van der Waals surface area contributed by atoms with Crippen molar-refractivity contribution in [1.29, 1.82) is 0 Å². The van der Waals surface area contributed by atoms with E-state index in [0.29, 0.717) is 12.1 Å². The number of carbonyl (C=O) groups excluding carboxylic acids is 1. The fourth-order valence-electron chi connectivity index (χ4n) is 2.77. The summed E-state index contributed by atoms with van der Waals surface area (Å²) in [5.41, 5.74) is 5.89. The third-order valence-corrected chi connectivity index (χ3v) is 4.39. The molecule has 23 heavy (non-hydrogen) atoms. The van der Waals surface area contributed by atoms with Crippen molar-refractivity contribution in [1.82, 2.24) is 0 Å². The molecule has 1 aliphatic heterocycles. The van der Waals surface area contributed by atoms with Crippen LogP contribution in [0.15, 0.2) is 30.3 Å². The first kappa shape index (κ1) is 15.6. The molecule has 1 atom stereocenters. The maximum absolute atomic E-state index is 12.5. The summed E-state index contributed by atoms with van der Waals surface area (Å²) < 4.78 is 5.81. The van der Waals surface area contributed by atoms with Crippen LogP contribution in [0, 0.1) is 20.8 Å². The minimum atomic E-state index is -0.511. The Balaban J connectivity index is 1.76. The lowest BCUT2D eigenvalue weighted by Gasteiger charge is -2.14. The number of aryl methyl sites for hydroxylation is 3. The molecule has 2 aromatic rings. The second-order valence-corrected chi connectivity index (χ2v) is 6.15. The van der Waals surface area contributed by atoms with Gasteiger partial charge in [0.15, 0.2) is 6.10 Å².